The SMILES string of the molecule is CCOC1CC(Cc2nc(C3COCCN3)no2)C1. The number of hydrogen-bond donors (Lipinski definition) is 1. The third-order valence-corrected chi connectivity index (χ3v) is 3.78. The van der Waals surface area contributed by atoms with Gasteiger partial charge in [-0.25, -0.2) is 0 Å². The van der Waals surface area contributed by atoms with E-state index in [0.29, 0.717) is 18.6 Å². The van der Waals surface area contributed by atoms with Crippen LogP contribution in [-0.2, 0) is 15.9 Å². The summed E-state index contributed by atoms with van der Waals surface area (Å²) in [6.45, 7) is 5.05. The van der Waals surface area contributed by atoms with Gasteiger partial charge in [0.2, 0.25) is 5.89 Å². The van der Waals surface area contributed by atoms with Crippen LogP contribution in [0.4, 0.5) is 0 Å². The van der Waals surface area contributed by atoms with Crippen molar-refractivity contribution in [1.29, 1.82) is 0 Å². The van der Waals surface area contributed by atoms with Gasteiger partial charge in [-0.3, -0.25) is 0 Å². The summed E-state index contributed by atoms with van der Waals surface area (Å²) >= 11 is 0. The first-order chi connectivity index (χ1) is 9.35. The fourth-order valence-electron chi connectivity index (χ4n) is 2.68. The lowest BCUT2D eigenvalue weighted by atomic mass is 9.80. The minimum Gasteiger partial charge on any atom is -0.378 e. The molecule has 0 bridgehead atoms. The van der Waals surface area contributed by atoms with Gasteiger partial charge >= 0.3 is 0 Å². The van der Waals surface area contributed by atoms with Gasteiger partial charge in [0.15, 0.2) is 5.82 Å². The number of morpholine rings is 1. The van der Waals surface area contributed by atoms with E-state index in [9.17, 15) is 0 Å². The maximum atomic E-state index is 5.55. The molecule has 1 unspecified atom stereocenters. The third kappa shape index (κ3) is 3.13. The molecule has 19 heavy (non-hydrogen) atoms. The Hall–Kier alpha value is -0.980. The molecule has 1 aliphatic heterocycles. The smallest absolute Gasteiger partial charge is 0.226 e. The molecule has 6 nitrogen and oxygen atoms in total. The van der Waals surface area contributed by atoms with E-state index in [1.54, 1.807) is 0 Å². The maximum Gasteiger partial charge on any atom is 0.226 e. The van der Waals surface area contributed by atoms with E-state index in [4.69, 9.17) is 14.0 Å². The number of ether oxygens (including phenoxy) is 2. The van der Waals surface area contributed by atoms with Crippen LogP contribution in [0.3, 0.4) is 0 Å². The van der Waals surface area contributed by atoms with Crippen LogP contribution in [-0.4, -0.2) is 42.6 Å². The van der Waals surface area contributed by atoms with Crippen LogP contribution >= 0.6 is 0 Å². The topological polar surface area (TPSA) is 69.4 Å². The zero-order chi connectivity index (χ0) is 13.1. The molecule has 0 spiro atoms. The van der Waals surface area contributed by atoms with Gasteiger partial charge in [-0.05, 0) is 25.7 Å². The summed E-state index contributed by atoms with van der Waals surface area (Å²) < 4.78 is 16.3. The molecular weight excluding hydrogens is 246 g/mol. The highest BCUT2D eigenvalue weighted by atomic mass is 16.5. The van der Waals surface area contributed by atoms with Gasteiger partial charge in [0.05, 0.1) is 25.4 Å². The summed E-state index contributed by atoms with van der Waals surface area (Å²) in [5.41, 5.74) is 0. The van der Waals surface area contributed by atoms with Crippen molar-refractivity contribution in [3.8, 4) is 0 Å². The molecule has 0 radical (unpaired) electrons. The molecule has 6 heteroatoms. The van der Waals surface area contributed by atoms with Gasteiger partial charge in [0, 0.05) is 19.6 Å². The van der Waals surface area contributed by atoms with Crippen molar-refractivity contribution in [3.63, 3.8) is 0 Å². The quantitative estimate of drug-likeness (QED) is 0.861. The molecular formula is C13H21N3O3. The minimum atomic E-state index is 0.0730. The molecule has 1 aliphatic carbocycles. The van der Waals surface area contributed by atoms with Crippen LogP contribution in [0.15, 0.2) is 4.52 Å². The second kappa shape index (κ2) is 5.98. The Morgan fingerprint density at radius 3 is 3.05 bits per heavy atom. The summed E-state index contributed by atoms with van der Waals surface area (Å²) in [6.07, 6.45) is 3.52. The van der Waals surface area contributed by atoms with E-state index in [-0.39, 0.29) is 6.04 Å². The lowest BCUT2D eigenvalue weighted by molar-refractivity contribution is -0.0258. The molecule has 2 aliphatic rings. The van der Waals surface area contributed by atoms with Gasteiger partial charge in [-0.2, -0.15) is 4.98 Å². The normalized spacial score (nSPS) is 31.1. The highest BCUT2D eigenvalue weighted by molar-refractivity contribution is 4.97. The Morgan fingerprint density at radius 2 is 2.32 bits per heavy atom. The number of nitrogens with one attached hydrogen (secondary N) is 1. The number of hydrogen-bond acceptors (Lipinski definition) is 6. The summed E-state index contributed by atoms with van der Waals surface area (Å²) in [5, 5.41) is 7.37. The van der Waals surface area contributed by atoms with Crippen LogP contribution in [0.5, 0.6) is 0 Å². The molecule has 2 heterocycles. The molecule has 0 amide bonds. The van der Waals surface area contributed by atoms with Gasteiger partial charge in [0.25, 0.3) is 0 Å². The third-order valence-electron chi connectivity index (χ3n) is 3.78. The fraction of sp³-hybridized carbons (Fsp3) is 0.846. The standard InChI is InChI=1S/C13H21N3O3/c1-2-18-10-5-9(6-10)7-12-15-13(16-19-12)11-8-17-4-3-14-11/h9-11,14H,2-8H2,1H3. The Morgan fingerprint density at radius 1 is 1.42 bits per heavy atom. The number of rotatable bonds is 5. The van der Waals surface area contributed by atoms with Crippen molar-refractivity contribution in [2.75, 3.05) is 26.4 Å². The van der Waals surface area contributed by atoms with Crippen LogP contribution in [0.2, 0.25) is 0 Å². The molecule has 3 rings (SSSR count). The van der Waals surface area contributed by atoms with E-state index < -0.39 is 0 Å². The predicted molar refractivity (Wildman–Crippen MR) is 67.7 cm³/mol. The van der Waals surface area contributed by atoms with Crippen molar-refractivity contribution >= 4 is 0 Å². The van der Waals surface area contributed by atoms with Crippen LogP contribution in [0.25, 0.3) is 0 Å². The highest BCUT2D eigenvalue weighted by Gasteiger charge is 2.31. The molecule has 1 aromatic heterocycles. The highest BCUT2D eigenvalue weighted by Crippen LogP contribution is 2.32. The number of nitrogens with zero attached hydrogens (tertiary/aromatic N) is 2. The summed E-state index contributed by atoms with van der Waals surface area (Å²) in [7, 11) is 0. The first-order valence-corrected chi connectivity index (χ1v) is 7.10. The summed E-state index contributed by atoms with van der Waals surface area (Å²) in [5.74, 6) is 2.08. The van der Waals surface area contributed by atoms with Gasteiger partial charge in [-0.15, -0.1) is 0 Å². The lowest BCUT2D eigenvalue weighted by Crippen LogP contribution is -2.35. The Labute approximate surface area is 112 Å². The second-order valence-corrected chi connectivity index (χ2v) is 5.25. The first-order valence-electron chi connectivity index (χ1n) is 7.10. The average Bonchev–Trinajstić information content (AvgIpc) is 2.86. The molecule has 0 aromatic carbocycles. The maximum absolute atomic E-state index is 5.55. The van der Waals surface area contributed by atoms with Crippen molar-refractivity contribution in [2.24, 2.45) is 5.92 Å². The lowest BCUT2D eigenvalue weighted by Gasteiger charge is -2.33. The second-order valence-electron chi connectivity index (χ2n) is 5.25. The monoisotopic (exact) mass is 267 g/mol. The zero-order valence-electron chi connectivity index (χ0n) is 11.3. The van der Waals surface area contributed by atoms with Crippen molar-refractivity contribution in [3.05, 3.63) is 11.7 Å². The molecule has 1 aromatic rings. The number of aromatic nitrogens is 2. The fourth-order valence-corrected chi connectivity index (χ4v) is 2.68. The Bertz CT molecular complexity index is 398. The van der Waals surface area contributed by atoms with E-state index in [0.717, 1.165) is 50.7 Å². The van der Waals surface area contributed by atoms with E-state index >= 15 is 0 Å². The van der Waals surface area contributed by atoms with Crippen molar-refractivity contribution in [2.45, 2.75) is 38.3 Å². The molecule has 1 saturated heterocycles. The van der Waals surface area contributed by atoms with Crippen molar-refractivity contribution < 1.29 is 14.0 Å². The molecule has 1 saturated carbocycles. The first kappa shape index (κ1) is 13.0. The Kier molecular flexibility index (Phi) is 4.10. The minimum absolute atomic E-state index is 0.0730. The Balaban J connectivity index is 1.48. The van der Waals surface area contributed by atoms with Crippen LogP contribution < -0.4 is 5.32 Å². The molecule has 1 atom stereocenters. The molecule has 1 N–H and O–H groups in total. The predicted octanol–water partition coefficient (Wildman–Crippen LogP) is 1.09. The van der Waals surface area contributed by atoms with Crippen LogP contribution in [0.1, 0.15) is 37.5 Å². The molecule has 2 fully saturated rings. The van der Waals surface area contributed by atoms with Crippen molar-refractivity contribution in [1.82, 2.24) is 15.5 Å². The van der Waals surface area contributed by atoms with Crippen LogP contribution in [0, 0.1) is 5.92 Å². The average molecular weight is 267 g/mol. The van der Waals surface area contributed by atoms with E-state index in [1.807, 2.05) is 6.92 Å². The van der Waals surface area contributed by atoms with Gasteiger partial charge < -0.3 is 19.3 Å². The zero-order valence-corrected chi connectivity index (χ0v) is 11.3. The van der Waals surface area contributed by atoms with E-state index in [1.165, 1.54) is 0 Å². The summed E-state index contributed by atoms with van der Waals surface area (Å²) in [4.78, 5) is 4.47. The van der Waals surface area contributed by atoms with Gasteiger partial charge in [0.1, 0.15) is 0 Å². The largest absolute Gasteiger partial charge is 0.378 e. The molecule has 106 valence electrons. The van der Waals surface area contributed by atoms with Gasteiger partial charge in [-0.1, -0.05) is 5.16 Å². The van der Waals surface area contributed by atoms with E-state index in [2.05, 4.69) is 15.5 Å². The summed E-state index contributed by atoms with van der Waals surface area (Å²) in [6, 6.07) is 0.0730.